The van der Waals surface area contributed by atoms with Crippen molar-refractivity contribution in [3.8, 4) is 0 Å². The molecule has 0 heterocycles. The number of unbranched alkanes of at least 4 members (excludes halogenated alkanes) is 1. The Hall–Kier alpha value is -1.62. The van der Waals surface area contributed by atoms with E-state index in [9.17, 15) is 10.1 Å². The molecule has 0 fully saturated rings. The number of nitro groups is 1. The van der Waals surface area contributed by atoms with Gasteiger partial charge in [-0.05, 0) is 59.3 Å². The maximum atomic E-state index is 10.7. The van der Waals surface area contributed by atoms with Crippen LogP contribution in [0.1, 0.15) is 32.3 Å². The van der Waals surface area contributed by atoms with E-state index in [1.54, 1.807) is 19.1 Å². The number of nitro benzene ring substituents is 1. The second kappa shape index (κ2) is 7.85. The topological polar surface area (TPSA) is 58.4 Å². The summed E-state index contributed by atoms with van der Waals surface area (Å²) in [4.78, 5) is 12.7. The van der Waals surface area contributed by atoms with E-state index in [2.05, 4.69) is 31.1 Å². The van der Waals surface area contributed by atoms with Gasteiger partial charge in [0.05, 0.1) is 4.92 Å². The van der Waals surface area contributed by atoms with Crippen molar-refractivity contribution < 1.29 is 4.92 Å². The minimum Gasteiger partial charge on any atom is -0.385 e. The molecule has 1 rings (SSSR count). The van der Waals surface area contributed by atoms with Gasteiger partial charge in [0.1, 0.15) is 0 Å². The number of hydrogen-bond donors (Lipinski definition) is 1. The first-order valence-corrected chi connectivity index (χ1v) is 7.11. The van der Waals surface area contributed by atoms with Crippen molar-refractivity contribution >= 4 is 11.4 Å². The fourth-order valence-corrected chi connectivity index (χ4v) is 1.95. The van der Waals surface area contributed by atoms with Gasteiger partial charge in [-0.15, -0.1) is 0 Å². The molecule has 0 atom stereocenters. The van der Waals surface area contributed by atoms with Crippen LogP contribution in [0.3, 0.4) is 0 Å². The molecule has 0 aliphatic carbocycles. The Morgan fingerprint density at radius 1 is 1.35 bits per heavy atom. The van der Waals surface area contributed by atoms with Gasteiger partial charge in [-0.1, -0.05) is 0 Å². The van der Waals surface area contributed by atoms with E-state index in [1.165, 1.54) is 0 Å². The molecular weight excluding hydrogens is 254 g/mol. The van der Waals surface area contributed by atoms with Crippen LogP contribution in [0.2, 0.25) is 0 Å². The van der Waals surface area contributed by atoms with Crippen LogP contribution >= 0.6 is 0 Å². The second-order valence-corrected chi connectivity index (χ2v) is 5.47. The van der Waals surface area contributed by atoms with E-state index in [0.717, 1.165) is 31.6 Å². The lowest BCUT2D eigenvalue weighted by Crippen LogP contribution is -2.27. The standard InChI is InChI=1S/C15H25N3O2/c1-12(2)17(4)10-6-5-9-16-14-7-8-15(18(19)20)13(3)11-14/h7-8,11-12,16H,5-6,9-10H2,1-4H3. The number of rotatable bonds is 8. The van der Waals surface area contributed by atoms with Crippen LogP contribution in [0.25, 0.3) is 0 Å². The van der Waals surface area contributed by atoms with Crippen molar-refractivity contribution in [3.05, 3.63) is 33.9 Å². The van der Waals surface area contributed by atoms with Crippen molar-refractivity contribution in [2.24, 2.45) is 0 Å². The normalized spacial score (nSPS) is 11.1. The zero-order chi connectivity index (χ0) is 15.1. The molecule has 5 heteroatoms. The fourth-order valence-electron chi connectivity index (χ4n) is 1.95. The molecule has 20 heavy (non-hydrogen) atoms. The van der Waals surface area contributed by atoms with Gasteiger partial charge in [0.15, 0.2) is 0 Å². The van der Waals surface area contributed by atoms with E-state index in [-0.39, 0.29) is 10.6 Å². The average Bonchev–Trinajstić information content (AvgIpc) is 2.37. The van der Waals surface area contributed by atoms with Gasteiger partial charge in [-0.3, -0.25) is 10.1 Å². The van der Waals surface area contributed by atoms with E-state index in [4.69, 9.17) is 0 Å². The molecule has 0 saturated heterocycles. The summed E-state index contributed by atoms with van der Waals surface area (Å²) in [7, 11) is 2.14. The number of nitrogens with zero attached hydrogens (tertiary/aromatic N) is 2. The summed E-state index contributed by atoms with van der Waals surface area (Å²) in [6.45, 7) is 8.14. The monoisotopic (exact) mass is 279 g/mol. The first-order valence-electron chi connectivity index (χ1n) is 7.11. The third kappa shape index (κ3) is 5.17. The van der Waals surface area contributed by atoms with Crippen LogP contribution in [0, 0.1) is 17.0 Å². The van der Waals surface area contributed by atoms with Crippen LogP contribution in [0.4, 0.5) is 11.4 Å². The third-order valence-electron chi connectivity index (χ3n) is 3.54. The minimum atomic E-state index is -0.346. The summed E-state index contributed by atoms with van der Waals surface area (Å²) < 4.78 is 0. The molecule has 5 nitrogen and oxygen atoms in total. The van der Waals surface area contributed by atoms with Crippen molar-refractivity contribution in [2.75, 3.05) is 25.5 Å². The molecule has 1 aromatic carbocycles. The highest BCUT2D eigenvalue weighted by Gasteiger charge is 2.09. The molecule has 0 aromatic heterocycles. The summed E-state index contributed by atoms with van der Waals surface area (Å²) in [6, 6.07) is 5.74. The molecule has 0 aliphatic heterocycles. The van der Waals surface area contributed by atoms with E-state index in [1.807, 2.05) is 6.07 Å². The van der Waals surface area contributed by atoms with Gasteiger partial charge < -0.3 is 10.2 Å². The third-order valence-corrected chi connectivity index (χ3v) is 3.54. The summed E-state index contributed by atoms with van der Waals surface area (Å²) in [5, 5.41) is 14.0. The summed E-state index contributed by atoms with van der Waals surface area (Å²) in [5.74, 6) is 0. The zero-order valence-electron chi connectivity index (χ0n) is 12.8. The Morgan fingerprint density at radius 2 is 2.05 bits per heavy atom. The smallest absolute Gasteiger partial charge is 0.272 e. The highest BCUT2D eigenvalue weighted by Crippen LogP contribution is 2.21. The number of nitrogens with one attached hydrogen (secondary N) is 1. The van der Waals surface area contributed by atoms with E-state index < -0.39 is 0 Å². The van der Waals surface area contributed by atoms with Crippen molar-refractivity contribution in [1.82, 2.24) is 4.90 Å². The molecule has 0 saturated carbocycles. The van der Waals surface area contributed by atoms with Crippen LogP contribution in [-0.4, -0.2) is 36.0 Å². The van der Waals surface area contributed by atoms with Gasteiger partial charge in [-0.25, -0.2) is 0 Å². The van der Waals surface area contributed by atoms with Gasteiger partial charge in [0.2, 0.25) is 0 Å². The number of anilines is 1. The molecule has 0 unspecified atom stereocenters. The van der Waals surface area contributed by atoms with Crippen LogP contribution in [0.15, 0.2) is 18.2 Å². The Balaban J connectivity index is 2.32. The largest absolute Gasteiger partial charge is 0.385 e. The molecule has 1 N–H and O–H groups in total. The number of benzene rings is 1. The summed E-state index contributed by atoms with van der Waals surface area (Å²) >= 11 is 0. The van der Waals surface area contributed by atoms with Gasteiger partial charge in [-0.2, -0.15) is 0 Å². The maximum absolute atomic E-state index is 10.7. The first-order chi connectivity index (χ1) is 9.41. The fraction of sp³-hybridized carbons (Fsp3) is 0.600. The maximum Gasteiger partial charge on any atom is 0.272 e. The SMILES string of the molecule is Cc1cc(NCCCCN(C)C(C)C)ccc1[N+](=O)[O-]. The van der Waals surface area contributed by atoms with Gasteiger partial charge >= 0.3 is 0 Å². The lowest BCUT2D eigenvalue weighted by Gasteiger charge is -2.20. The molecule has 0 spiro atoms. The highest BCUT2D eigenvalue weighted by molar-refractivity contribution is 5.53. The summed E-state index contributed by atoms with van der Waals surface area (Å²) in [6.07, 6.45) is 2.24. The van der Waals surface area contributed by atoms with Crippen LogP contribution in [-0.2, 0) is 0 Å². The molecular formula is C15H25N3O2. The predicted octanol–water partition coefficient (Wildman–Crippen LogP) is 3.44. The predicted molar refractivity (Wildman–Crippen MR) is 83.3 cm³/mol. The van der Waals surface area contributed by atoms with Crippen LogP contribution < -0.4 is 5.32 Å². The van der Waals surface area contributed by atoms with Crippen molar-refractivity contribution in [1.29, 1.82) is 0 Å². The zero-order valence-corrected chi connectivity index (χ0v) is 12.8. The quantitative estimate of drug-likeness (QED) is 0.450. The lowest BCUT2D eigenvalue weighted by molar-refractivity contribution is -0.385. The van der Waals surface area contributed by atoms with Crippen molar-refractivity contribution in [3.63, 3.8) is 0 Å². The molecule has 0 amide bonds. The Morgan fingerprint density at radius 3 is 2.60 bits per heavy atom. The lowest BCUT2D eigenvalue weighted by atomic mass is 10.2. The molecule has 0 bridgehead atoms. The highest BCUT2D eigenvalue weighted by atomic mass is 16.6. The minimum absolute atomic E-state index is 0.175. The number of hydrogen-bond acceptors (Lipinski definition) is 4. The average molecular weight is 279 g/mol. The summed E-state index contributed by atoms with van der Waals surface area (Å²) in [5.41, 5.74) is 1.82. The molecule has 112 valence electrons. The van der Waals surface area contributed by atoms with Gasteiger partial charge in [0.25, 0.3) is 5.69 Å². The Kier molecular flexibility index (Phi) is 6.45. The van der Waals surface area contributed by atoms with Crippen LogP contribution in [0.5, 0.6) is 0 Å². The molecule has 1 aromatic rings. The Labute approximate surface area is 121 Å². The van der Waals surface area contributed by atoms with E-state index >= 15 is 0 Å². The van der Waals surface area contributed by atoms with Gasteiger partial charge in [0, 0.05) is 29.9 Å². The van der Waals surface area contributed by atoms with Crippen molar-refractivity contribution in [2.45, 2.75) is 39.7 Å². The number of aryl methyl sites for hydroxylation is 1. The molecule has 0 aliphatic rings. The Bertz CT molecular complexity index is 447. The second-order valence-electron chi connectivity index (χ2n) is 5.47. The first kappa shape index (κ1) is 16.4. The molecule has 0 radical (unpaired) electrons. The van der Waals surface area contributed by atoms with E-state index in [0.29, 0.717) is 11.6 Å².